The van der Waals surface area contributed by atoms with E-state index in [2.05, 4.69) is 9.98 Å². The van der Waals surface area contributed by atoms with Gasteiger partial charge in [-0.05, 0) is 50.2 Å². The van der Waals surface area contributed by atoms with E-state index in [0.717, 1.165) is 16.5 Å². The Balaban J connectivity index is 1.65. The van der Waals surface area contributed by atoms with Gasteiger partial charge in [-0.15, -0.1) is 11.3 Å². The lowest BCUT2D eigenvalue weighted by atomic mass is 10.3. The molecular weight excluding hydrogens is 382 g/mol. The van der Waals surface area contributed by atoms with Crippen LogP contribution in [0, 0.1) is 0 Å². The maximum Gasteiger partial charge on any atom is 0.238 e. The first kappa shape index (κ1) is 19.3. The van der Waals surface area contributed by atoms with Gasteiger partial charge in [0, 0.05) is 22.6 Å². The molecule has 3 aromatic rings. The minimum atomic E-state index is -0.0644. The van der Waals surface area contributed by atoms with Crippen molar-refractivity contribution in [2.45, 2.75) is 32.9 Å². The molecule has 0 N–H and O–H groups in total. The Morgan fingerprint density at radius 2 is 2.04 bits per heavy atom. The van der Waals surface area contributed by atoms with Crippen LogP contribution in [0.1, 0.15) is 29.3 Å². The van der Waals surface area contributed by atoms with Gasteiger partial charge in [-0.2, -0.15) is 0 Å². The molecule has 0 aliphatic rings. The van der Waals surface area contributed by atoms with Crippen LogP contribution in [-0.2, 0) is 13.0 Å². The lowest BCUT2D eigenvalue weighted by Gasteiger charge is -2.06. The van der Waals surface area contributed by atoms with Crippen LogP contribution in [0.25, 0.3) is 0 Å². The molecule has 2 heterocycles. The van der Waals surface area contributed by atoms with Crippen LogP contribution < -0.4 is 10.2 Å². The summed E-state index contributed by atoms with van der Waals surface area (Å²) in [6.45, 7) is 4.32. The van der Waals surface area contributed by atoms with E-state index in [1.807, 2.05) is 49.6 Å². The first-order valence-corrected chi connectivity index (χ1v) is 9.83. The Hall–Kier alpha value is -2.44. The maximum atomic E-state index is 12.7. The number of benzene rings is 1. The predicted molar refractivity (Wildman–Crippen MR) is 107 cm³/mol. The van der Waals surface area contributed by atoms with Crippen molar-refractivity contribution < 1.29 is 9.53 Å². The topological polar surface area (TPSA) is 56.5 Å². The fourth-order valence-corrected chi connectivity index (χ4v) is 3.26. The molecule has 0 saturated heterocycles. The molecule has 0 radical (unpaired) electrons. The molecule has 0 saturated carbocycles. The number of nitrogens with zero attached hydrogens (tertiary/aromatic N) is 3. The van der Waals surface area contributed by atoms with Crippen LogP contribution in [-0.4, -0.2) is 21.5 Å². The van der Waals surface area contributed by atoms with Crippen molar-refractivity contribution in [1.29, 1.82) is 0 Å². The summed E-state index contributed by atoms with van der Waals surface area (Å²) in [5, 5.41) is 3.37. The van der Waals surface area contributed by atoms with E-state index in [1.54, 1.807) is 22.9 Å². The number of aromatic nitrogens is 2. The van der Waals surface area contributed by atoms with Crippen LogP contribution in [0.5, 0.6) is 5.75 Å². The van der Waals surface area contributed by atoms with Gasteiger partial charge < -0.3 is 4.74 Å². The van der Waals surface area contributed by atoms with Crippen molar-refractivity contribution in [3.05, 3.63) is 75.3 Å². The molecule has 0 fully saturated rings. The van der Waals surface area contributed by atoms with E-state index < -0.39 is 0 Å². The minimum absolute atomic E-state index is 0.0644. The number of carbonyl (C=O) groups excluding carboxylic acids is 1. The third-order valence-corrected chi connectivity index (χ3v) is 4.73. The maximum absolute atomic E-state index is 12.7. The lowest BCUT2D eigenvalue weighted by Crippen LogP contribution is -2.28. The van der Waals surface area contributed by atoms with Crippen LogP contribution >= 0.6 is 22.9 Å². The Bertz CT molecular complexity index is 977. The minimum Gasteiger partial charge on any atom is -0.486 e. The molecule has 5 nitrogen and oxygen atoms in total. The number of hydrogen-bond acceptors (Lipinski definition) is 5. The number of hydrogen-bond donors (Lipinski definition) is 0. The summed E-state index contributed by atoms with van der Waals surface area (Å²) in [6.07, 6.45) is 1.95. The molecule has 1 aromatic carbocycles. The van der Waals surface area contributed by atoms with Crippen LogP contribution in [0.15, 0.2) is 59.0 Å². The average molecular weight is 402 g/mol. The first-order chi connectivity index (χ1) is 13.0. The fourth-order valence-electron chi connectivity index (χ4n) is 2.43. The Morgan fingerprint density at radius 1 is 1.26 bits per heavy atom. The van der Waals surface area contributed by atoms with Gasteiger partial charge in [0.25, 0.3) is 0 Å². The molecule has 3 rings (SSSR count). The highest BCUT2D eigenvalue weighted by Crippen LogP contribution is 2.18. The summed E-state index contributed by atoms with van der Waals surface area (Å²) < 4.78 is 7.27. The van der Waals surface area contributed by atoms with Gasteiger partial charge in [-0.1, -0.05) is 17.7 Å². The molecule has 7 heteroatoms. The third-order valence-electron chi connectivity index (χ3n) is 3.61. The van der Waals surface area contributed by atoms with Gasteiger partial charge >= 0.3 is 0 Å². The van der Waals surface area contributed by atoms with Crippen molar-refractivity contribution in [2.75, 3.05) is 0 Å². The standard InChI is InChI=1S/C20H20ClN3O2S/c1-14(2)22-18-5-3-4-10-24(18)20(25)11-16-13-27-19(23-16)12-26-17-8-6-15(21)7-9-17/h3-10,13-14H,11-12H2,1-2H3. The second-order valence-corrected chi connectivity index (χ2v) is 7.58. The van der Waals surface area contributed by atoms with Crippen molar-refractivity contribution in [1.82, 2.24) is 9.55 Å². The normalized spacial score (nSPS) is 11.8. The quantitative estimate of drug-likeness (QED) is 0.616. The highest BCUT2D eigenvalue weighted by molar-refractivity contribution is 7.09. The summed E-state index contributed by atoms with van der Waals surface area (Å²) in [4.78, 5) is 21.7. The van der Waals surface area contributed by atoms with Crippen LogP contribution in [0.2, 0.25) is 5.02 Å². The molecule has 0 amide bonds. The van der Waals surface area contributed by atoms with Gasteiger partial charge in [-0.3, -0.25) is 14.4 Å². The molecule has 0 spiro atoms. The molecule has 0 aliphatic heterocycles. The van der Waals surface area contributed by atoms with E-state index >= 15 is 0 Å². The van der Waals surface area contributed by atoms with Crippen molar-refractivity contribution >= 4 is 28.8 Å². The van der Waals surface area contributed by atoms with Gasteiger partial charge in [0.1, 0.15) is 22.9 Å². The number of rotatable bonds is 6. The molecule has 27 heavy (non-hydrogen) atoms. The van der Waals surface area contributed by atoms with Crippen molar-refractivity contribution in [2.24, 2.45) is 4.99 Å². The average Bonchev–Trinajstić information content (AvgIpc) is 3.08. The van der Waals surface area contributed by atoms with E-state index in [-0.39, 0.29) is 18.4 Å². The number of carbonyl (C=O) groups is 1. The zero-order valence-corrected chi connectivity index (χ0v) is 16.7. The highest BCUT2D eigenvalue weighted by atomic mass is 35.5. The molecule has 140 valence electrons. The molecular formula is C20H20ClN3O2S. The first-order valence-electron chi connectivity index (χ1n) is 8.57. The van der Waals surface area contributed by atoms with E-state index in [1.165, 1.54) is 11.3 Å². The summed E-state index contributed by atoms with van der Waals surface area (Å²) in [6, 6.07) is 12.8. The smallest absolute Gasteiger partial charge is 0.238 e. The zero-order chi connectivity index (χ0) is 19.2. The summed E-state index contributed by atoms with van der Waals surface area (Å²) in [5.74, 6) is 0.664. The monoisotopic (exact) mass is 401 g/mol. The number of ether oxygens (including phenoxy) is 1. The number of pyridine rings is 1. The molecule has 2 aromatic heterocycles. The van der Waals surface area contributed by atoms with Gasteiger partial charge in [-0.25, -0.2) is 4.98 Å². The molecule has 0 unspecified atom stereocenters. The molecule has 0 atom stereocenters. The fraction of sp³-hybridized carbons (Fsp3) is 0.250. The summed E-state index contributed by atoms with van der Waals surface area (Å²) in [7, 11) is 0. The van der Waals surface area contributed by atoms with Gasteiger partial charge in [0.2, 0.25) is 5.91 Å². The summed E-state index contributed by atoms with van der Waals surface area (Å²) in [5.41, 5.74) is 1.38. The second kappa shape index (κ2) is 8.97. The van der Waals surface area contributed by atoms with Gasteiger partial charge in [0.05, 0.1) is 12.1 Å². The lowest BCUT2D eigenvalue weighted by molar-refractivity contribution is 0.0907. The second-order valence-electron chi connectivity index (χ2n) is 6.20. The largest absolute Gasteiger partial charge is 0.486 e. The Labute approximate surface area is 166 Å². The Kier molecular flexibility index (Phi) is 6.42. The third kappa shape index (κ3) is 5.52. The van der Waals surface area contributed by atoms with Gasteiger partial charge in [0.15, 0.2) is 0 Å². The van der Waals surface area contributed by atoms with Crippen molar-refractivity contribution in [3.63, 3.8) is 0 Å². The SMILES string of the molecule is CC(C)N=c1ccccn1C(=O)Cc1csc(COc2ccc(Cl)cc2)n1. The number of thiazole rings is 1. The molecule has 0 aliphatic carbocycles. The van der Waals surface area contributed by atoms with E-state index in [0.29, 0.717) is 17.1 Å². The van der Waals surface area contributed by atoms with E-state index in [9.17, 15) is 4.79 Å². The zero-order valence-electron chi connectivity index (χ0n) is 15.1. The predicted octanol–water partition coefficient (Wildman–Crippen LogP) is 4.37. The summed E-state index contributed by atoms with van der Waals surface area (Å²) >= 11 is 7.34. The Morgan fingerprint density at radius 3 is 2.78 bits per heavy atom. The van der Waals surface area contributed by atoms with Crippen LogP contribution in [0.4, 0.5) is 0 Å². The van der Waals surface area contributed by atoms with Crippen LogP contribution in [0.3, 0.4) is 0 Å². The molecule has 0 bridgehead atoms. The van der Waals surface area contributed by atoms with Crippen molar-refractivity contribution in [3.8, 4) is 5.75 Å². The van der Waals surface area contributed by atoms with E-state index in [4.69, 9.17) is 16.3 Å². The highest BCUT2D eigenvalue weighted by Gasteiger charge is 2.11. The number of halogens is 1.